The molecule has 1 heterocycles. The number of allylic oxidation sites excluding steroid dienone is 1. The smallest absolute Gasteiger partial charge is 0.130 e. The lowest BCUT2D eigenvalue weighted by Crippen LogP contribution is -2.55. The van der Waals surface area contributed by atoms with E-state index in [9.17, 15) is 30.3 Å². The van der Waals surface area contributed by atoms with E-state index in [0.717, 1.165) is 0 Å². The Kier molecular flexibility index (Phi) is 6.69. The normalized spacial score (nSPS) is 29.9. The molecule has 0 unspecified atom stereocenters. The fraction of sp³-hybridized carbons (Fsp3) is 0.500. The van der Waals surface area contributed by atoms with Gasteiger partial charge in [-0.2, -0.15) is 0 Å². The second-order valence-electron chi connectivity index (χ2n) is 6.21. The molecule has 138 valence electrons. The average Bonchev–Trinajstić information content (AvgIpc) is 2.57. The number of hydrogen-bond acceptors (Lipinski definition) is 7. The molecular formula is C18H24O7. The topological polar surface area (TPSA) is 127 Å². The largest absolute Gasteiger partial charge is 0.508 e. The molecule has 2 rings (SSSR count). The molecule has 1 aliphatic heterocycles. The van der Waals surface area contributed by atoms with Gasteiger partial charge < -0.3 is 35.1 Å². The van der Waals surface area contributed by atoms with E-state index in [0.29, 0.717) is 18.4 Å². The summed E-state index contributed by atoms with van der Waals surface area (Å²) < 4.78 is 5.44. The summed E-state index contributed by atoms with van der Waals surface area (Å²) in [6.07, 6.45) is -1.86. The number of aromatic hydroxyl groups is 1. The Bertz CT molecular complexity index is 626. The second-order valence-corrected chi connectivity index (χ2v) is 6.21. The molecule has 0 spiro atoms. The lowest BCUT2D eigenvalue weighted by molar-refractivity contribution is -0.232. The number of ether oxygens (including phenoxy) is 1. The van der Waals surface area contributed by atoms with Gasteiger partial charge in [0.25, 0.3) is 0 Å². The molecular weight excluding hydrogens is 328 g/mol. The van der Waals surface area contributed by atoms with Crippen LogP contribution < -0.4 is 0 Å². The molecule has 25 heavy (non-hydrogen) atoms. The van der Waals surface area contributed by atoms with E-state index in [1.54, 1.807) is 18.2 Å². The molecule has 7 heteroatoms. The Morgan fingerprint density at radius 1 is 1.20 bits per heavy atom. The molecule has 7 nitrogen and oxygen atoms in total. The first-order chi connectivity index (χ1) is 11.8. The van der Waals surface area contributed by atoms with Crippen LogP contribution in [0, 0.1) is 0 Å². The number of hydrogen-bond donors (Lipinski definition) is 5. The average molecular weight is 352 g/mol. The molecule has 0 radical (unpaired) electrons. The first-order valence-electron chi connectivity index (χ1n) is 8.14. The van der Waals surface area contributed by atoms with Gasteiger partial charge in [0.05, 0.1) is 6.61 Å². The highest BCUT2D eigenvalue weighted by Crippen LogP contribution is 2.37. The van der Waals surface area contributed by atoms with Crippen LogP contribution in [0.1, 0.15) is 37.0 Å². The predicted molar refractivity (Wildman–Crippen MR) is 89.8 cm³/mol. The molecule has 1 aromatic rings. The van der Waals surface area contributed by atoms with Crippen LogP contribution in [0.25, 0.3) is 6.08 Å². The maximum Gasteiger partial charge on any atom is 0.130 e. The van der Waals surface area contributed by atoms with E-state index >= 15 is 0 Å². The van der Waals surface area contributed by atoms with E-state index in [4.69, 9.17) is 4.74 Å². The van der Waals surface area contributed by atoms with Crippen molar-refractivity contribution in [3.63, 3.8) is 0 Å². The summed E-state index contributed by atoms with van der Waals surface area (Å²) in [7, 11) is 0. The highest BCUT2D eigenvalue weighted by Gasteiger charge is 2.44. The number of carbonyl (C=O) groups excluding carboxylic acids is 1. The molecule has 5 atom stereocenters. The van der Waals surface area contributed by atoms with Crippen molar-refractivity contribution in [1.29, 1.82) is 0 Å². The highest BCUT2D eigenvalue weighted by atomic mass is 16.5. The minimum atomic E-state index is -1.50. The Hall–Kier alpha value is -1.77. The molecule has 0 amide bonds. The van der Waals surface area contributed by atoms with Crippen LogP contribution >= 0.6 is 0 Å². The third kappa shape index (κ3) is 4.65. The first-order valence-corrected chi connectivity index (χ1v) is 8.14. The van der Waals surface area contributed by atoms with Crippen molar-refractivity contribution >= 4 is 11.9 Å². The van der Waals surface area contributed by atoms with Crippen molar-refractivity contribution < 1.29 is 35.1 Å². The van der Waals surface area contributed by atoms with Gasteiger partial charge in [0, 0.05) is 12.0 Å². The van der Waals surface area contributed by atoms with E-state index in [1.807, 2.05) is 6.08 Å². The summed E-state index contributed by atoms with van der Waals surface area (Å²) in [6, 6.07) is 4.72. The Morgan fingerprint density at radius 3 is 2.52 bits per heavy atom. The highest BCUT2D eigenvalue weighted by molar-refractivity contribution is 5.75. The molecule has 0 bridgehead atoms. The molecule has 1 fully saturated rings. The van der Waals surface area contributed by atoms with E-state index in [2.05, 4.69) is 0 Å². The SMILES string of the molecule is CC(=O)CC/C=C/c1ccc([C@@H]2O[C@H](CO)[C@@H](O)[C@H](O)[C@H]2O)c(O)c1. The van der Waals surface area contributed by atoms with Crippen molar-refractivity contribution in [3.8, 4) is 5.75 Å². The van der Waals surface area contributed by atoms with Crippen molar-refractivity contribution in [2.24, 2.45) is 0 Å². The van der Waals surface area contributed by atoms with E-state index in [1.165, 1.54) is 13.0 Å². The van der Waals surface area contributed by atoms with Gasteiger partial charge in [-0.05, 0) is 25.0 Å². The zero-order valence-electron chi connectivity index (χ0n) is 13.9. The van der Waals surface area contributed by atoms with Crippen LogP contribution in [-0.2, 0) is 9.53 Å². The summed E-state index contributed by atoms with van der Waals surface area (Å²) in [5.74, 6) is -0.0384. The Balaban J connectivity index is 2.15. The summed E-state index contributed by atoms with van der Waals surface area (Å²) in [5.41, 5.74) is 0.951. The summed E-state index contributed by atoms with van der Waals surface area (Å²) in [5, 5.41) is 49.2. The van der Waals surface area contributed by atoms with Crippen molar-refractivity contribution in [3.05, 3.63) is 35.4 Å². The molecule has 0 aliphatic carbocycles. The molecule has 5 N–H and O–H groups in total. The van der Waals surface area contributed by atoms with Gasteiger partial charge in [-0.1, -0.05) is 24.3 Å². The van der Waals surface area contributed by atoms with Gasteiger partial charge >= 0.3 is 0 Å². The molecule has 0 aromatic heterocycles. The molecule has 1 aliphatic rings. The van der Waals surface area contributed by atoms with Gasteiger partial charge in [-0.25, -0.2) is 0 Å². The number of ketones is 1. The molecule has 1 saturated heterocycles. The standard InChI is InChI=1S/C18H24O7/c1-10(20)4-2-3-5-11-6-7-12(13(21)8-11)18-17(24)16(23)15(22)14(9-19)25-18/h3,5-8,14-19,21-24H,2,4,9H2,1H3/b5-3+/t14-,15-,16+,17-,18+/m1/s1. The van der Waals surface area contributed by atoms with Gasteiger partial charge in [0.2, 0.25) is 0 Å². The lowest BCUT2D eigenvalue weighted by atomic mass is 9.90. The van der Waals surface area contributed by atoms with Gasteiger partial charge in [0.1, 0.15) is 42.1 Å². The van der Waals surface area contributed by atoms with Crippen LogP contribution in [0.5, 0.6) is 5.75 Å². The van der Waals surface area contributed by atoms with Crippen molar-refractivity contribution in [1.82, 2.24) is 0 Å². The Labute approximate surface area is 145 Å². The van der Waals surface area contributed by atoms with Crippen LogP contribution in [0.3, 0.4) is 0 Å². The van der Waals surface area contributed by atoms with Crippen LogP contribution in [0.2, 0.25) is 0 Å². The van der Waals surface area contributed by atoms with Crippen LogP contribution in [-0.4, -0.2) is 62.3 Å². The summed E-state index contributed by atoms with van der Waals surface area (Å²) >= 11 is 0. The first kappa shape index (κ1) is 19.6. The number of benzene rings is 1. The van der Waals surface area contributed by atoms with Crippen LogP contribution in [0.4, 0.5) is 0 Å². The second kappa shape index (κ2) is 8.55. The lowest BCUT2D eigenvalue weighted by Gasteiger charge is -2.40. The molecule has 0 saturated carbocycles. The van der Waals surface area contributed by atoms with E-state index < -0.39 is 37.1 Å². The Morgan fingerprint density at radius 2 is 1.92 bits per heavy atom. The number of aliphatic hydroxyl groups excluding tert-OH is 4. The third-order valence-corrected chi connectivity index (χ3v) is 4.23. The van der Waals surface area contributed by atoms with Gasteiger partial charge in [0.15, 0.2) is 0 Å². The number of phenolic OH excluding ortho intramolecular Hbond substituents is 1. The van der Waals surface area contributed by atoms with Gasteiger partial charge in [-0.3, -0.25) is 0 Å². The summed E-state index contributed by atoms with van der Waals surface area (Å²) in [6.45, 7) is 0.994. The fourth-order valence-electron chi connectivity index (χ4n) is 2.77. The number of phenols is 1. The minimum Gasteiger partial charge on any atom is -0.508 e. The van der Waals surface area contributed by atoms with Gasteiger partial charge in [-0.15, -0.1) is 0 Å². The number of rotatable bonds is 6. The minimum absolute atomic E-state index is 0.102. The fourth-order valence-corrected chi connectivity index (χ4v) is 2.77. The van der Waals surface area contributed by atoms with Crippen molar-refractivity contribution in [2.75, 3.05) is 6.61 Å². The summed E-state index contributed by atoms with van der Waals surface area (Å²) in [4.78, 5) is 10.9. The quantitative estimate of drug-likeness (QED) is 0.498. The molecule has 1 aromatic carbocycles. The van der Waals surface area contributed by atoms with E-state index in [-0.39, 0.29) is 17.1 Å². The zero-order valence-corrected chi connectivity index (χ0v) is 13.9. The third-order valence-electron chi connectivity index (χ3n) is 4.23. The number of Topliss-reactive ketones (excluding diaryl/α,β-unsaturated/α-hetero) is 1. The maximum absolute atomic E-state index is 10.9. The monoisotopic (exact) mass is 352 g/mol. The van der Waals surface area contributed by atoms with Crippen molar-refractivity contribution in [2.45, 2.75) is 50.3 Å². The zero-order chi connectivity index (χ0) is 18.6. The number of aliphatic hydroxyl groups is 4. The van der Waals surface area contributed by atoms with Crippen LogP contribution in [0.15, 0.2) is 24.3 Å². The number of carbonyl (C=O) groups is 1. The predicted octanol–water partition coefficient (Wildman–Crippen LogP) is 0.289. The maximum atomic E-state index is 10.9.